The van der Waals surface area contributed by atoms with E-state index in [0.29, 0.717) is 49.5 Å². The zero-order valence-electron chi connectivity index (χ0n) is 36.2. The van der Waals surface area contributed by atoms with Crippen molar-refractivity contribution in [3.63, 3.8) is 0 Å². The summed E-state index contributed by atoms with van der Waals surface area (Å²) in [5, 5.41) is 0.877. The molecule has 0 unspecified atom stereocenters. The Bertz CT molecular complexity index is 2370. The maximum absolute atomic E-state index is 13.0. The molecule has 2 saturated heterocycles. The van der Waals surface area contributed by atoms with E-state index < -0.39 is 0 Å². The van der Waals surface area contributed by atoms with E-state index in [-0.39, 0.29) is 22.8 Å². The lowest BCUT2D eigenvalue weighted by Crippen LogP contribution is -2.49. The van der Waals surface area contributed by atoms with Crippen molar-refractivity contribution in [3.8, 4) is 23.0 Å². The van der Waals surface area contributed by atoms with Crippen molar-refractivity contribution in [1.82, 2.24) is 29.3 Å². The third-order valence-corrected chi connectivity index (χ3v) is 10.7. The minimum atomic E-state index is -0.272. The summed E-state index contributed by atoms with van der Waals surface area (Å²) in [6.45, 7) is 10.6. The van der Waals surface area contributed by atoms with Gasteiger partial charge in [-0.3, -0.25) is 19.4 Å². The molecule has 2 fully saturated rings. The zero-order valence-corrected chi connectivity index (χ0v) is 37.8. The molecule has 0 spiro atoms. The number of anilines is 2. The number of ether oxygens (including phenoxy) is 4. The van der Waals surface area contributed by atoms with Gasteiger partial charge >= 0.3 is 0 Å². The molecule has 0 atom stereocenters. The van der Waals surface area contributed by atoms with Gasteiger partial charge in [-0.05, 0) is 72.8 Å². The Morgan fingerprint density at radius 3 is 1.43 bits per heavy atom. The Morgan fingerprint density at radius 1 is 0.523 bits per heavy atom. The van der Waals surface area contributed by atoms with E-state index in [0.717, 1.165) is 88.9 Å². The second-order valence-electron chi connectivity index (χ2n) is 14.8. The molecule has 2 aliphatic rings. The third-order valence-electron chi connectivity index (χ3n) is 10.3. The molecular formula is C48H55BrF2N8O6. The number of hydrogen-bond acceptors (Lipinski definition) is 12. The molecule has 65 heavy (non-hydrogen) atoms. The van der Waals surface area contributed by atoms with Crippen molar-refractivity contribution in [3.05, 3.63) is 166 Å². The Labute approximate surface area is 386 Å². The summed E-state index contributed by atoms with van der Waals surface area (Å²) < 4.78 is 49.7. The first-order chi connectivity index (χ1) is 31.8. The van der Waals surface area contributed by atoms with Gasteiger partial charge in [0.15, 0.2) is 11.6 Å². The summed E-state index contributed by atoms with van der Waals surface area (Å²) in [5.41, 5.74) is -0.252. The van der Waals surface area contributed by atoms with E-state index in [2.05, 4.69) is 40.7 Å². The number of rotatable bonds is 17. The van der Waals surface area contributed by atoms with Gasteiger partial charge in [0.05, 0.1) is 13.2 Å². The summed E-state index contributed by atoms with van der Waals surface area (Å²) >= 11 is 3.28. The number of H-pyrrole nitrogens is 1. The fraction of sp³-hybridized carbons (Fsp3) is 0.333. The second-order valence-corrected chi connectivity index (χ2v) is 15.6. The van der Waals surface area contributed by atoms with E-state index in [4.69, 9.17) is 18.9 Å². The lowest BCUT2D eigenvalue weighted by Gasteiger charge is -2.34. The average molecular weight is 958 g/mol. The van der Waals surface area contributed by atoms with Crippen molar-refractivity contribution in [1.29, 1.82) is 0 Å². The standard InChI is InChI=1S/C24H27FN4O3.C16H19FN4O2.C8H9BrO/c25-20-6-8-22(9-7-20)31-18-16-27-12-14-28(15-13-27)23-24(30)29(11-10-26-23)17-19-32-21-4-2-1-3-5-21;17-13-1-3-14(4-2-13)23-12-11-20-7-9-21(10-8-20)15-16(22)19-6-5-18-15;9-6-7-10-8-4-2-1-3-5-8/h1-11H,12-19H2;1-6H,7-12H2,(H,19,22);1-5H,6-7H2. The summed E-state index contributed by atoms with van der Waals surface area (Å²) in [6, 6.07) is 31.4. The van der Waals surface area contributed by atoms with Crippen LogP contribution in [0.15, 0.2) is 144 Å². The number of para-hydroxylation sites is 2. The number of halogens is 3. The number of alkyl halides is 1. The van der Waals surface area contributed by atoms with Crippen LogP contribution in [0.5, 0.6) is 23.0 Å². The fourth-order valence-electron chi connectivity index (χ4n) is 6.86. The summed E-state index contributed by atoms with van der Waals surface area (Å²) in [5.74, 6) is 3.48. The van der Waals surface area contributed by atoms with Crippen molar-refractivity contribution in [2.75, 3.05) is 107 Å². The zero-order chi connectivity index (χ0) is 45.5. The van der Waals surface area contributed by atoms with Crippen LogP contribution in [0, 0.1) is 11.6 Å². The lowest BCUT2D eigenvalue weighted by atomic mass is 10.3. The number of hydrogen-bond donors (Lipinski definition) is 1. The minimum absolute atomic E-state index is 0.0998. The van der Waals surface area contributed by atoms with Crippen LogP contribution < -0.4 is 39.9 Å². The predicted octanol–water partition coefficient (Wildman–Crippen LogP) is 6.23. The van der Waals surface area contributed by atoms with Crippen LogP contribution in [-0.2, 0) is 6.54 Å². The predicted molar refractivity (Wildman–Crippen MR) is 252 cm³/mol. The van der Waals surface area contributed by atoms with Gasteiger partial charge in [0, 0.05) is 95.6 Å². The molecule has 4 heterocycles. The van der Waals surface area contributed by atoms with Gasteiger partial charge in [0.25, 0.3) is 11.1 Å². The second kappa shape index (κ2) is 26.5. The highest BCUT2D eigenvalue weighted by Gasteiger charge is 2.22. The Morgan fingerprint density at radius 2 is 0.954 bits per heavy atom. The Kier molecular flexibility index (Phi) is 19.6. The van der Waals surface area contributed by atoms with Crippen molar-refractivity contribution in [2.24, 2.45) is 0 Å². The first-order valence-corrected chi connectivity index (χ1v) is 22.7. The van der Waals surface area contributed by atoms with Crippen molar-refractivity contribution < 1.29 is 27.7 Å². The van der Waals surface area contributed by atoms with Gasteiger partial charge in [-0.25, -0.2) is 18.7 Å². The van der Waals surface area contributed by atoms with E-state index in [1.807, 2.05) is 70.5 Å². The molecule has 6 aromatic rings. The topological polar surface area (TPSA) is 131 Å². The molecule has 2 aromatic heterocycles. The van der Waals surface area contributed by atoms with Crippen LogP contribution in [0.3, 0.4) is 0 Å². The van der Waals surface area contributed by atoms with Gasteiger partial charge < -0.3 is 38.3 Å². The molecule has 8 rings (SSSR count). The average Bonchev–Trinajstić information content (AvgIpc) is 3.34. The number of nitrogens with one attached hydrogen (secondary N) is 1. The van der Waals surface area contributed by atoms with Gasteiger partial charge in [-0.1, -0.05) is 52.3 Å². The van der Waals surface area contributed by atoms with E-state index in [1.165, 1.54) is 30.5 Å². The highest BCUT2D eigenvalue weighted by atomic mass is 79.9. The molecule has 0 radical (unpaired) electrons. The first kappa shape index (κ1) is 48.2. The number of nitrogens with zero attached hydrogens (tertiary/aromatic N) is 7. The van der Waals surface area contributed by atoms with Crippen LogP contribution in [0.2, 0.25) is 0 Å². The summed E-state index contributed by atoms with van der Waals surface area (Å²) in [4.78, 5) is 44.3. The summed E-state index contributed by atoms with van der Waals surface area (Å²) in [7, 11) is 0. The molecule has 0 aliphatic carbocycles. The van der Waals surface area contributed by atoms with Gasteiger partial charge in [0.2, 0.25) is 0 Å². The quantitative estimate of drug-likeness (QED) is 0.104. The fourth-order valence-corrected chi connectivity index (χ4v) is 7.02. The highest BCUT2D eigenvalue weighted by molar-refractivity contribution is 9.09. The highest BCUT2D eigenvalue weighted by Crippen LogP contribution is 2.15. The van der Waals surface area contributed by atoms with E-state index in [1.54, 1.807) is 47.4 Å². The molecule has 1 N–H and O–H groups in total. The molecule has 17 heteroatoms. The molecule has 2 aliphatic heterocycles. The molecule has 4 aromatic carbocycles. The number of piperazine rings is 2. The number of benzene rings is 4. The van der Waals surface area contributed by atoms with Gasteiger partial charge in [-0.15, -0.1) is 0 Å². The molecule has 0 saturated carbocycles. The number of aromatic nitrogens is 4. The minimum Gasteiger partial charge on any atom is -0.493 e. The van der Waals surface area contributed by atoms with Crippen LogP contribution in [0.4, 0.5) is 20.4 Å². The molecular weight excluding hydrogens is 902 g/mol. The van der Waals surface area contributed by atoms with Crippen molar-refractivity contribution >= 4 is 27.6 Å². The maximum Gasteiger partial charge on any atom is 0.293 e. The SMILES string of the molecule is BrCCOc1ccccc1.O=c1[nH]ccnc1N1CCN(CCOc2ccc(F)cc2)CC1.O=c1c(N2CCN(CCOc3ccc(F)cc3)CC2)nccn1CCOc1ccccc1. The molecule has 14 nitrogen and oxygen atoms in total. The normalized spacial score (nSPS) is 14.0. The largest absolute Gasteiger partial charge is 0.493 e. The van der Waals surface area contributed by atoms with Crippen LogP contribution in [0.1, 0.15) is 0 Å². The van der Waals surface area contributed by atoms with Crippen LogP contribution in [0.25, 0.3) is 0 Å². The van der Waals surface area contributed by atoms with Gasteiger partial charge in [-0.2, -0.15) is 0 Å². The molecule has 344 valence electrons. The lowest BCUT2D eigenvalue weighted by molar-refractivity contribution is 0.200. The van der Waals surface area contributed by atoms with Crippen molar-refractivity contribution in [2.45, 2.75) is 6.54 Å². The van der Waals surface area contributed by atoms with E-state index >= 15 is 0 Å². The number of aromatic amines is 1. The van der Waals surface area contributed by atoms with E-state index in [9.17, 15) is 18.4 Å². The summed E-state index contributed by atoms with van der Waals surface area (Å²) in [6.07, 6.45) is 6.50. The first-order valence-electron chi connectivity index (χ1n) is 21.6. The van der Waals surface area contributed by atoms with Crippen LogP contribution >= 0.6 is 15.9 Å². The van der Waals surface area contributed by atoms with Crippen LogP contribution in [-0.4, -0.2) is 127 Å². The Balaban J connectivity index is 0.000000184. The monoisotopic (exact) mass is 956 g/mol. The smallest absolute Gasteiger partial charge is 0.293 e. The van der Waals surface area contributed by atoms with Gasteiger partial charge in [0.1, 0.15) is 54.5 Å². The maximum atomic E-state index is 13.0. The molecule has 0 bridgehead atoms. The third kappa shape index (κ3) is 16.3. The Hall–Kier alpha value is -6.30. The molecule has 0 amide bonds.